The van der Waals surface area contributed by atoms with Crippen LogP contribution in [0.1, 0.15) is 6.92 Å². The van der Waals surface area contributed by atoms with Gasteiger partial charge in [-0.3, -0.25) is 4.79 Å². The number of ether oxygens (including phenoxy) is 3. The molecular formula is C11H19NO5. The van der Waals surface area contributed by atoms with E-state index in [4.69, 9.17) is 14.2 Å². The quantitative estimate of drug-likeness (QED) is 0.364. The number of likely N-dealkylation sites (N-methyl/N-ethyl adjacent to an activating group) is 1. The highest BCUT2D eigenvalue weighted by Crippen LogP contribution is 1.98. The fraction of sp³-hybridized carbons (Fsp3) is 0.636. The lowest BCUT2D eigenvalue weighted by atomic mass is 10.4. The molecule has 6 heteroatoms. The molecular weight excluding hydrogens is 226 g/mol. The highest BCUT2D eigenvalue weighted by atomic mass is 16.7. The summed E-state index contributed by atoms with van der Waals surface area (Å²) in [5.74, 6) is -0.803. The van der Waals surface area contributed by atoms with Crippen LogP contribution in [-0.2, 0) is 23.8 Å². The lowest BCUT2D eigenvalue weighted by Crippen LogP contribution is -2.40. The van der Waals surface area contributed by atoms with Gasteiger partial charge >= 0.3 is 5.97 Å². The van der Waals surface area contributed by atoms with Gasteiger partial charge in [0.15, 0.2) is 0 Å². The minimum atomic E-state index is -0.933. The van der Waals surface area contributed by atoms with Crippen molar-refractivity contribution in [1.82, 2.24) is 4.90 Å². The predicted molar refractivity (Wildman–Crippen MR) is 61.2 cm³/mol. The standard InChI is InChI=1S/C11H19NO5/c1-8(2)10(14)17-7-6-12(3)9(13)11(15-4)16-5/h11H,1,6-7H2,2-5H3. The van der Waals surface area contributed by atoms with Crippen LogP contribution in [0.25, 0.3) is 0 Å². The van der Waals surface area contributed by atoms with Gasteiger partial charge in [0, 0.05) is 26.8 Å². The minimum Gasteiger partial charge on any atom is -0.460 e. The molecule has 0 aliphatic carbocycles. The van der Waals surface area contributed by atoms with Gasteiger partial charge in [-0.2, -0.15) is 0 Å². The summed E-state index contributed by atoms with van der Waals surface area (Å²) in [6.07, 6.45) is -0.933. The van der Waals surface area contributed by atoms with Crippen molar-refractivity contribution in [1.29, 1.82) is 0 Å². The van der Waals surface area contributed by atoms with Crippen molar-refractivity contribution in [3.05, 3.63) is 12.2 Å². The number of nitrogens with zero attached hydrogens (tertiary/aromatic N) is 1. The Labute approximate surface area is 101 Å². The number of carbonyl (C=O) groups excluding carboxylic acids is 2. The molecule has 0 bridgehead atoms. The third kappa shape index (κ3) is 5.46. The topological polar surface area (TPSA) is 65.1 Å². The zero-order valence-electron chi connectivity index (χ0n) is 10.7. The second-order valence-corrected chi connectivity index (χ2v) is 3.48. The van der Waals surface area contributed by atoms with Crippen molar-refractivity contribution >= 4 is 11.9 Å². The number of esters is 1. The maximum absolute atomic E-state index is 11.6. The Morgan fingerprint density at radius 3 is 2.24 bits per heavy atom. The average molecular weight is 245 g/mol. The largest absolute Gasteiger partial charge is 0.460 e. The summed E-state index contributed by atoms with van der Waals surface area (Å²) in [6, 6.07) is 0. The van der Waals surface area contributed by atoms with Gasteiger partial charge in [0.25, 0.3) is 5.91 Å². The zero-order valence-corrected chi connectivity index (χ0v) is 10.7. The van der Waals surface area contributed by atoms with Crippen LogP contribution in [0.5, 0.6) is 0 Å². The van der Waals surface area contributed by atoms with Gasteiger partial charge in [-0.15, -0.1) is 0 Å². The van der Waals surface area contributed by atoms with Gasteiger partial charge in [-0.1, -0.05) is 6.58 Å². The molecule has 0 aromatic heterocycles. The maximum Gasteiger partial charge on any atom is 0.333 e. The van der Waals surface area contributed by atoms with E-state index in [0.29, 0.717) is 5.57 Å². The molecule has 98 valence electrons. The predicted octanol–water partition coefficient (Wildman–Crippen LogP) is 0.183. The Hall–Kier alpha value is -1.40. The lowest BCUT2D eigenvalue weighted by molar-refractivity contribution is -0.169. The summed E-state index contributed by atoms with van der Waals surface area (Å²) in [5.41, 5.74) is 0.325. The van der Waals surface area contributed by atoms with E-state index in [1.165, 1.54) is 19.1 Å². The first-order chi connectivity index (χ1) is 7.93. The lowest BCUT2D eigenvalue weighted by Gasteiger charge is -2.21. The molecule has 0 spiro atoms. The Kier molecular flexibility index (Phi) is 7.16. The Balaban J connectivity index is 4.01. The van der Waals surface area contributed by atoms with Crippen molar-refractivity contribution in [2.24, 2.45) is 0 Å². The average Bonchev–Trinajstić information content (AvgIpc) is 2.29. The van der Waals surface area contributed by atoms with Crippen molar-refractivity contribution < 1.29 is 23.8 Å². The first-order valence-electron chi connectivity index (χ1n) is 5.07. The van der Waals surface area contributed by atoms with E-state index >= 15 is 0 Å². The van der Waals surface area contributed by atoms with Crippen LogP contribution in [0.3, 0.4) is 0 Å². The fourth-order valence-corrected chi connectivity index (χ4v) is 0.986. The van der Waals surface area contributed by atoms with Gasteiger partial charge < -0.3 is 19.1 Å². The highest BCUT2D eigenvalue weighted by Gasteiger charge is 2.21. The van der Waals surface area contributed by atoms with E-state index < -0.39 is 12.3 Å². The van der Waals surface area contributed by atoms with Crippen LogP contribution in [-0.4, -0.2) is 57.5 Å². The van der Waals surface area contributed by atoms with Crippen molar-refractivity contribution in [3.63, 3.8) is 0 Å². The molecule has 0 radical (unpaired) electrons. The van der Waals surface area contributed by atoms with Gasteiger partial charge in [-0.05, 0) is 6.92 Å². The van der Waals surface area contributed by atoms with Crippen LogP contribution in [0.4, 0.5) is 0 Å². The highest BCUT2D eigenvalue weighted by molar-refractivity contribution is 5.87. The summed E-state index contributed by atoms with van der Waals surface area (Å²) < 4.78 is 14.5. The van der Waals surface area contributed by atoms with Crippen molar-refractivity contribution in [2.75, 3.05) is 34.4 Å². The van der Waals surface area contributed by atoms with E-state index in [0.717, 1.165) is 0 Å². The van der Waals surface area contributed by atoms with Crippen LogP contribution < -0.4 is 0 Å². The monoisotopic (exact) mass is 245 g/mol. The molecule has 0 aromatic rings. The van der Waals surface area contributed by atoms with Gasteiger partial charge in [0.05, 0.1) is 6.54 Å². The molecule has 0 aliphatic heterocycles. The number of hydrogen-bond donors (Lipinski definition) is 0. The minimum absolute atomic E-state index is 0.105. The number of hydrogen-bond acceptors (Lipinski definition) is 5. The zero-order chi connectivity index (χ0) is 13.4. The van der Waals surface area contributed by atoms with E-state index in [1.807, 2.05) is 0 Å². The molecule has 0 heterocycles. The third-order valence-corrected chi connectivity index (χ3v) is 2.01. The van der Waals surface area contributed by atoms with E-state index in [9.17, 15) is 9.59 Å². The Bertz CT molecular complexity index is 286. The molecule has 0 fully saturated rings. The van der Waals surface area contributed by atoms with Crippen LogP contribution >= 0.6 is 0 Å². The number of methoxy groups -OCH3 is 2. The summed E-state index contributed by atoms with van der Waals surface area (Å²) in [4.78, 5) is 24.1. The van der Waals surface area contributed by atoms with E-state index in [1.54, 1.807) is 14.0 Å². The van der Waals surface area contributed by atoms with Gasteiger partial charge in [0.2, 0.25) is 6.29 Å². The summed E-state index contributed by atoms with van der Waals surface area (Å²) in [5, 5.41) is 0. The SMILES string of the molecule is C=C(C)C(=O)OCCN(C)C(=O)C(OC)OC. The number of amides is 1. The van der Waals surface area contributed by atoms with Crippen LogP contribution in [0, 0.1) is 0 Å². The van der Waals surface area contributed by atoms with Gasteiger partial charge in [0.1, 0.15) is 6.61 Å². The first-order valence-corrected chi connectivity index (χ1v) is 5.07. The number of rotatable bonds is 7. The van der Waals surface area contributed by atoms with Crippen LogP contribution in [0.2, 0.25) is 0 Å². The molecule has 17 heavy (non-hydrogen) atoms. The fourth-order valence-electron chi connectivity index (χ4n) is 0.986. The Morgan fingerprint density at radius 1 is 1.29 bits per heavy atom. The first kappa shape index (κ1) is 15.6. The molecule has 0 saturated carbocycles. The third-order valence-electron chi connectivity index (χ3n) is 2.01. The van der Waals surface area contributed by atoms with Crippen LogP contribution in [0.15, 0.2) is 12.2 Å². The molecule has 0 unspecified atom stereocenters. The second kappa shape index (κ2) is 7.81. The molecule has 0 N–H and O–H groups in total. The normalized spacial score (nSPS) is 10.2. The maximum atomic E-state index is 11.6. The molecule has 0 rings (SSSR count). The Morgan fingerprint density at radius 2 is 1.82 bits per heavy atom. The van der Waals surface area contributed by atoms with Crippen molar-refractivity contribution in [3.8, 4) is 0 Å². The molecule has 0 aromatic carbocycles. The molecule has 6 nitrogen and oxygen atoms in total. The second-order valence-electron chi connectivity index (χ2n) is 3.48. The summed E-state index contributed by atoms with van der Waals surface area (Å²) in [7, 11) is 4.32. The smallest absolute Gasteiger partial charge is 0.333 e. The molecule has 1 amide bonds. The molecule has 0 aliphatic rings. The molecule has 0 atom stereocenters. The summed E-state index contributed by atoms with van der Waals surface area (Å²) >= 11 is 0. The van der Waals surface area contributed by atoms with Gasteiger partial charge in [-0.25, -0.2) is 4.79 Å². The summed E-state index contributed by atoms with van der Waals surface area (Å²) in [6.45, 7) is 5.38. The number of carbonyl (C=O) groups is 2. The van der Waals surface area contributed by atoms with E-state index in [2.05, 4.69) is 6.58 Å². The molecule has 0 saturated heterocycles. The van der Waals surface area contributed by atoms with E-state index in [-0.39, 0.29) is 19.1 Å². The van der Waals surface area contributed by atoms with Crippen molar-refractivity contribution in [2.45, 2.75) is 13.2 Å².